The average Bonchev–Trinajstić information content (AvgIpc) is 2.44. The fourth-order valence-corrected chi connectivity index (χ4v) is 3.71. The second kappa shape index (κ2) is 7.75. The third kappa shape index (κ3) is 4.82. The summed E-state index contributed by atoms with van der Waals surface area (Å²) in [5, 5.41) is 12.1. The van der Waals surface area contributed by atoms with Crippen LogP contribution in [0.4, 0.5) is 5.69 Å². The van der Waals surface area contributed by atoms with Gasteiger partial charge in [-0.3, -0.25) is 4.79 Å². The first-order chi connectivity index (χ1) is 10.5. The third-order valence-corrected chi connectivity index (χ3v) is 4.41. The quantitative estimate of drug-likeness (QED) is 0.679. The SMILES string of the molecule is O=C(CSc1ncccc1C(=O)O)Nc1cc(Br)cc(Br)c1. The fraction of sp³-hybridized carbons (Fsp3) is 0.0714. The van der Waals surface area contributed by atoms with Crippen molar-refractivity contribution in [1.82, 2.24) is 4.98 Å². The van der Waals surface area contributed by atoms with E-state index in [9.17, 15) is 9.59 Å². The van der Waals surface area contributed by atoms with E-state index in [2.05, 4.69) is 42.2 Å². The minimum absolute atomic E-state index is 0.0709. The maximum Gasteiger partial charge on any atom is 0.338 e. The van der Waals surface area contributed by atoms with Crippen LogP contribution in [0.2, 0.25) is 0 Å². The number of carbonyl (C=O) groups is 2. The van der Waals surface area contributed by atoms with Gasteiger partial charge in [-0.2, -0.15) is 0 Å². The number of pyridine rings is 1. The predicted octanol–water partition coefficient (Wildman–Crippen LogP) is 4.04. The number of hydrogen-bond donors (Lipinski definition) is 2. The number of nitrogens with zero attached hydrogens (tertiary/aromatic N) is 1. The molecule has 22 heavy (non-hydrogen) atoms. The molecule has 0 atom stereocenters. The van der Waals surface area contributed by atoms with Crippen LogP contribution in [0.25, 0.3) is 0 Å². The second-order valence-corrected chi connectivity index (χ2v) is 6.95. The molecule has 0 aliphatic heterocycles. The number of rotatable bonds is 5. The van der Waals surface area contributed by atoms with Gasteiger partial charge in [0.05, 0.1) is 11.3 Å². The first kappa shape index (κ1) is 17.0. The average molecular weight is 446 g/mol. The summed E-state index contributed by atoms with van der Waals surface area (Å²) in [5.74, 6) is -1.23. The molecule has 8 heteroatoms. The standard InChI is InChI=1S/C14H10Br2N2O3S/c15-8-4-9(16)6-10(5-8)18-12(19)7-22-13-11(14(20)21)2-1-3-17-13/h1-6H,7H2,(H,18,19)(H,20,21). The van der Waals surface area contributed by atoms with Gasteiger partial charge in [0, 0.05) is 20.8 Å². The van der Waals surface area contributed by atoms with Gasteiger partial charge in [-0.25, -0.2) is 9.78 Å². The fourth-order valence-electron chi connectivity index (χ4n) is 1.63. The Hall–Kier alpha value is -1.38. The summed E-state index contributed by atoms with van der Waals surface area (Å²) in [5.41, 5.74) is 0.733. The molecule has 0 spiro atoms. The second-order valence-electron chi connectivity index (χ2n) is 4.16. The van der Waals surface area contributed by atoms with Gasteiger partial charge in [0.25, 0.3) is 0 Å². The molecule has 0 aliphatic rings. The van der Waals surface area contributed by atoms with E-state index in [1.54, 1.807) is 18.2 Å². The molecule has 0 unspecified atom stereocenters. The number of halogens is 2. The van der Waals surface area contributed by atoms with Crippen LogP contribution in [0.15, 0.2) is 50.5 Å². The van der Waals surface area contributed by atoms with E-state index >= 15 is 0 Å². The molecule has 0 fully saturated rings. The Kier molecular flexibility index (Phi) is 5.98. The lowest BCUT2D eigenvalue weighted by Crippen LogP contribution is -2.14. The zero-order valence-corrected chi connectivity index (χ0v) is 15.0. The number of benzene rings is 1. The Morgan fingerprint density at radius 2 is 1.91 bits per heavy atom. The van der Waals surface area contributed by atoms with Crippen LogP contribution in [0.1, 0.15) is 10.4 Å². The Bertz CT molecular complexity index is 705. The molecule has 0 saturated carbocycles. The van der Waals surface area contributed by atoms with Crippen LogP contribution in [0.5, 0.6) is 0 Å². The van der Waals surface area contributed by atoms with Crippen molar-refractivity contribution in [3.63, 3.8) is 0 Å². The van der Waals surface area contributed by atoms with Gasteiger partial charge < -0.3 is 10.4 Å². The third-order valence-electron chi connectivity index (χ3n) is 2.49. The van der Waals surface area contributed by atoms with Crippen molar-refractivity contribution in [3.05, 3.63) is 51.0 Å². The van der Waals surface area contributed by atoms with E-state index < -0.39 is 5.97 Å². The lowest BCUT2D eigenvalue weighted by Gasteiger charge is -2.07. The normalized spacial score (nSPS) is 10.3. The van der Waals surface area contributed by atoms with Crippen LogP contribution < -0.4 is 5.32 Å². The molecule has 114 valence electrons. The van der Waals surface area contributed by atoms with E-state index in [0.29, 0.717) is 10.7 Å². The van der Waals surface area contributed by atoms with Gasteiger partial charge in [0.1, 0.15) is 5.03 Å². The zero-order chi connectivity index (χ0) is 16.1. The minimum Gasteiger partial charge on any atom is -0.478 e. The van der Waals surface area contributed by atoms with Crippen LogP contribution in [0, 0.1) is 0 Å². The molecule has 0 radical (unpaired) electrons. The van der Waals surface area contributed by atoms with Crippen molar-refractivity contribution in [2.75, 3.05) is 11.1 Å². The maximum atomic E-state index is 12.0. The lowest BCUT2D eigenvalue weighted by atomic mass is 10.3. The summed E-state index contributed by atoms with van der Waals surface area (Å²) in [6.45, 7) is 0. The molecule has 0 saturated heterocycles. The van der Waals surface area contributed by atoms with Crippen LogP contribution in [-0.4, -0.2) is 27.7 Å². The summed E-state index contributed by atoms with van der Waals surface area (Å²) in [6.07, 6.45) is 1.50. The number of thioether (sulfide) groups is 1. The Morgan fingerprint density at radius 3 is 2.55 bits per heavy atom. The van der Waals surface area contributed by atoms with E-state index in [4.69, 9.17) is 5.11 Å². The van der Waals surface area contributed by atoms with Crippen molar-refractivity contribution in [2.45, 2.75) is 5.03 Å². The summed E-state index contributed by atoms with van der Waals surface area (Å²) < 4.78 is 1.67. The van der Waals surface area contributed by atoms with Crippen molar-refractivity contribution >= 4 is 61.2 Å². The molecule has 1 heterocycles. The van der Waals surface area contributed by atoms with Crippen LogP contribution in [0.3, 0.4) is 0 Å². The molecule has 2 N–H and O–H groups in total. The van der Waals surface area contributed by atoms with Crippen LogP contribution in [-0.2, 0) is 4.79 Å². The Morgan fingerprint density at radius 1 is 1.23 bits per heavy atom. The largest absolute Gasteiger partial charge is 0.478 e. The highest BCUT2D eigenvalue weighted by molar-refractivity contribution is 9.11. The van der Waals surface area contributed by atoms with Gasteiger partial charge in [-0.05, 0) is 30.3 Å². The Labute approximate surface area is 147 Å². The van der Waals surface area contributed by atoms with Crippen molar-refractivity contribution in [3.8, 4) is 0 Å². The highest BCUT2D eigenvalue weighted by atomic mass is 79.9. The van der Waals surface area contributed by atoms with Gasteiger partial charge in [0.15, 0.2) is 0 Å². The van der Waals surface area contributed by atoms with E-state index in [-0.39, 0.29) is 17.2 Å². The number of nitrogens with one attached hydrogen (secondary N) is 1. The number of hydrogen-bond acceptors (Lipinski definition) is 4. The first-order valence-corrected chi connectivity index (χ1v) is 8.60. The summed E-state index contributed by atoms with van der Waals surface area (Å²) >= 11 is 7.77. The number of carboxylic acid groups (broad SMARTS) is 1. The summed E-state index contributed by atoms with van der Waals surface area (Å²) in [7, 11) is 0. The molecular weight excluding hydrogens is 436 g/mol. The number of carbonyl (C=O) groups excluding carboxylic acids is 1. The van der Waals surface area contributed by atoms with Crippen molar-refractivity contribution in [1.29, 1.82) is 0 Å². The Balaban J connectivity index is 2.00. The number of aromatic nitrogens is 1. The highest BCUT2D eigenvalue weighted by Gasteiger charge is 2.13. The van der Waals surface area contributed by atoms with Gasteiger partial charge >= 0.3 is 5.97 Å². The molecule has 2 rings (SSSR count). The van der Waals surface area contributed by atoms with E-state index in [0.717, 1.165) is 20.7 Å². The minimum atomic E-state index is -1.06. The molecule has 1 aromatic carbocycles. The van der Waals surface area contributed by atoms with Gasteiger partial charge in [0.2, 0.25) is 5.91 Å². The molecule has 2 aromatic rings. The van der Waals surface area contributed by atoms with E-state index in [1.165, 1.54) is 12.3 Å². The number of carboxylic acids is 1. The summed E-state index contributed by atoms with van der Waals surface area (Å²) in [4.78, 5) is 27.0. The van der Waals surface area contributed by atoms with E-state index in [1.807, 2.05) is 6.07 Å². The number of aromatic carboxylic acids is 1. The van der Waals surface area contributed by atoms with Gasteiger partial charge in [-0.15, -0.1) is 0 Å². The molecule has 1 amide bonds. The predicted molar refractivity (Wildman–Crippen MR) is 92.4 cm³/mol. The summed E-state index contributed by atoms with van der Waals surface area (Å²) in [6, 6.07) is 8.42. The molecular formula is C14H10Br2N2O3S. The smallest absolute Gasteiger partial charge is 0.338 e. The molecule has 1 aromatic heterocycles. The van der Waals surface area contributed by atoms with Gasteiger partial charge in [-0.1, -0.05) is 43.6 Å². The number of amides is 1. The lowest BCUT2D eigenvalue weighted by molar-refractivity contribution is -0.113. The highest BCUT2D eigenvalue weighted by Crippen LogP contribution is 2.24. The van der Waals surface area contributed by atoms with Crippen LogP contribution >= 0.6 is 43.6 Å². The topological polar surface area (TPSA) is 79.3 Å². The van der Waals surface area contributed by atoms with Crippen molar-refractivity contribution in [2.24, 2.45) is 0 Å². The molecule has 0 aliphatic carbocycles. The number of anilines is 1. The monoisotopic (exact) mass is 444 g/mol. The zero-order valence-electron chi connectivity index (χ0n) is 11.0. The van der Waals surface area contributed by atoms with Crippen molar-refractivity contribution < 1.29 is 14.7 Å². The maximum absolute atomic E-state index is 12.0. The molecule has 0 bridgehead atoms. The molecule has 5 nitrogen and oxygen atoms in total. The first-order valence-electron chi connectivity index (χ1n) is 6.03.